The number of nitrogens with two attached hydrogens (primary N) is 1. The van der Waals surface area contributed by atoms with E-state index in [1.807, 2.05) is 7.05 Å². The second-order valence-electron chi connectivity index (χ2n) is 5.68. The number of halogens is 3. The first kappa shape index (κ1) is 23.1. The molecule has 0 saturated carbocycles. The number of benzene rings is 1. The summed E-state index contributed by atoms with van der Waals surface area (Å²) in [5.41, 5.74) is 6.62. The van der Waals surface area contributed by atoms with Crippen molar-refractivity contribution in [3.05, 3.63) is 22.7 Å². The molecule has 0 aromatic heterocycles. The maximum absolute atomic E-state index is 12.7. The summed E-state index contributed by atoms with van der Waals surface area (Å²) in [6.07, 6.45) is 2.32. The minimum absolute atomic E-state index is 0. The fourth-order valence-electron chi connectivity index (χ4n) is 3.03. The van der Waals surface area contributed by atoms with Crippen LogP contribution in [0, 0.1) is 0 Å². The lowest BCUT2D eigenvalue weighted by atomic mass is 10.1. The molecule has 0 spiro atoms. The Morgan fingerprint density at radius 1 is 1.46 bits per heavy atom. The molecular weight excluding hydrogens is 373 g/mol. The molecule has 138 valence electrons. The number of carbonyl (C=O) groups excluding carboxylic acids is 1. The lowest BCUT2D eigenvalue weighted by molar-refractivity contribution is 0.0751. The number of ether oxygens (including phenoxy) is 1. The second-order valence-corrected chi connectivity index (χ2v) is 6.09. The van der Waals surface area contributed by atoms with Gasteiger partial charge < -0.3 is 15.4 Å². The van der Waals surface area contributed by atoms with Gasteiger partial charge in [-0.2, -0.15) is 0 Å². The Hall–Kier alpha value is -0.880. The van der Waals surface area contributed by atoms with E-state index >= 15 is 0 Å². The summed E-state index contributed by atoms with van der Waals surface area (Å²) in [5.74, 6) is 0.360. The van der Waals surface area contributed by atoms with Crippen molar-refractivity contribution in [1.29, 1.82) is 0 Å². The molecule has 1 saturated heterocycles. The normalized spacial score (nSPS) is 16.9. The molecule has 0 radical (unpaired) electrons. The highest BCUT2D eigenvalue weighted by Gasteiger charge is 2.27. The van der Waals surface area contributed by atoms with E-state index in [4.69, 9.17) is 22.1 Å². The molecule has 1 aliphatic heterocycles. The second kappa shape index (κ2) is 10.2. The van der Waals surface area contributed by atoms with Crippen LogP contribution < -0.4 is 10.5 Å². The Labute approximate surface area is 161 Å². The number of hydrogen-bond donors (Lipinski definition) is 1. The lowest BCUT2D eigenvalue weighted by Gasteiger charge is -2.28. The van der Waals surface area contributed by atoms with Crippen LogP contribution in [0.5, 0.6) is 5.75 Å². The minimum atomic E-state index is -0.0956. The van der Waals surface area contributed by atoms with Crippen LogP contribution in [-0.4, -0.2) is 55.5 Å². The number of hydrogen-bond acceptors (Lipinski definition) is 4. The van der Waals surface area contributed by atoms with Crippen LogP contribution >= 0.6 is 36.4 Å². The maximum Gasteiger partial charge on any atom is 0.257 e. The summed E-state index contributed by atoms with van der Waals surface area (Å²) in [4.78, 5) is 16.9. The van der Waals surface area contributed by atoms with Crippen LogP contribution in [0.4, 0.5) is 5.69 Å². The van der Waals surface area contributed by atoms with E-state index in [2.05, 4.69) is 11.8 Å². The van der Waals surface area contributed by atoms with Crippen molar-refractivity contribution in [2.75, 3.05) is 39.5 Å². The van der Waals surface area contributed by atoms with Gasteiger partial charge in [-0.05, 0) is 32.0 Å². The predicted molar refractivity (Wildman–Crippen MR) is 104 cm³/mol. The van der Waals surface area contributed by atoms with Crippen LogP contribution in [0.3, 0.4) is 0 Å². The summed E-state index contributed by atoms with van der Waals surface area (Å²) in [6, 6.07) is 3.60. The van der Waals surface area contributed by atoms with E-state index in [0.29, 0.717) is 34.6 Å². The molecule has 2 N–H and O–H groups in total. The van der Waals surface area contributed by atoms with Crippen LogP contribution in [-0.2, 0) is 0 Å². The van der Waals surface area contributed by atoms with Gasteiger partial charge in [0.05, 0.1) is 23.4 Å². The molecule has 1 aromatic rings. The number of rotatable bonds is 5. The molecule has 0 aliphatic carbocycles. The summed E-state index contributed by atoms with van der Waals surface area (Å²) in [5, 5.41) is 0.369. The number of anilines is 1. The van der Waals surface area contributed by atoms with Gasteiger partial charge in [0, 0.05) is 25.7 Å². The molecule has 1 aliphatic rings. The van der Waals surface area contributed by atoms with E-state index < -0.39 is 0 Å². The SMILES string of the molecule is CCN1CCCC1CN(C)C(=O)c1cc(Cl)c(N)cc1OC.Cl.Cl. The van der Waals surface area contributed by atoms with Crippen LogP contribution in [0.1, 0.15) is 30.1 Å². The molecule has 0 bridgehead atoms. The van der Waals surface area contributed by atoms with Crippen molar-refractivity contribution in [3.63, 3.8) is 0 Å². The van der Waals surface area contributed by atoms with Crippen LogP contribution in [0.2, 0.25) is 5.02 Å². The van der Waals surface area contributed by atoms with Crippen LogP contribution in [0.25, 0.3) is 0 Å². The number of nitrogens with zero attached hydrogens (tertiary/aromatic N) is 2. The summed E-state index contributed by atoms with van der Waals surface area (Å²) < 4.78 is 5.27. The zero-order valence-electron chi connectivity index (χ0n) is 14.3. The summed E-state index contributed by atoms with van der Waals surface area (Å²) in [6.45, 7) is 4.99. The van der Waals surface area contributed by atoms with Gasteiger partial charge in [0.2, 0.25) is 0 Å². The summed E-state index contributed by atoms with van der Waals surface area (Å²) in [7, 11) is 3.34. The first-order valence-corrected chi connectivity index (χ1v) is 7.98. The largest absolute Gasteiger partial charge is 0.496 e. The molecule has 8 heteroatoms. The van der Waals surface area contributed by atoms with E-state index in [1.165, 1.54) is 13.5 Å². The zero-order chi connectivity index (χ0) is 16.3. The van der Waals surface area contributed by atoms with Gasteiger partial charge in [-0.25, -0.2) is 0 Å². The molecule has 1 aromatic carbocycles. The molecule has 24 heavy (non-hydrogen) atoms. The molecule has 1 amide bonds. The van der Waals surface area contributed by atoms with Gasteiger partial charge in [-0.3, -0.25) is 9.69 Å². The smallest absolute Gasteiger partial charge is 0.257 e. The Balaban J connectivity index is 0.00000264. The third-order valence-corrected chi connectivity index (χ3v) is 4.61. The van der Waals surface area contributed by atoms with E-state index in [9.17, 15) is 4.79 Å². The molecule has 5 nitrogen and oxygen atoms in total. The first-order valence-electron chi connectivity index (χ1n) is 7.60. The van der Waals surface area contributed by atoms with Crippen molar-refractivity contribution in [2.45, 2.75) is 25.8 Å². The number of methoxy groups -OCH3 is 1. The van der Waals surface area contributed by atoms with E-state index in [1.54, 1.807) is 17.0 Å². The van der Waals surface area contributed by atoms with Crippen molar-refractivity contribution in [2.24, 2.45) is 0 Å². The number of likely N-dealkylation sites (tertiary alicyclic amines) is 1. The molecule has 1 fully saturated rings. The molecule has 1 heterocycles. The van der Waals surface area contributed by atoms with Gasteiger partial charge in [0.15, 0.2) is 0 Å². The molecular formula is C16H26Cl3N3O2. The Bertz CT molecular complexity index is 558. The maximum atomic E-state index is 12.7. The minimum Gasteiger partial charge on any atom is -0.496 e. The third-order valence-electron chi connectivity index (χ3n) is 4.29. The van der Waals surface area contributed by atoms with E-state index in [-0.39, 0.29) is 30.7 Å². The number of amides is 1. The number of carbonyl (C=O) groups is 1. The molecule has 1 unspecified atom stereocenters. The van der Waals surface area contributed by atoms with Crippen LogP contribution in [0.15, 0.2) is 12.1 Å². The van der Waals surface area contributed by atoms with Crippen molar-refractivity contribution >= 4 is 48.0 Å². The fourth-order valence-corrected chi connectivity index (χ4v) is 3.19. The van der Waals surface area contributed by atoms with Gasteiger partial charge in [0.25, 0.3) is 5.91 Å². The lowest BCUT2D eigenvalue weighted by Crippen LogP contribution is -2.41. The Morgan fingerprint density at radius 3 is 2.71 bits per heavy atom. The van der Waals surface area contributed by atoms with Gasteiger partial charge >= 0.3 is 0 Å². The standard InChI is InChI=1S/C16H24ClN3O2.2ClH/c1-4-20-7-5-6-11(20)10-19(2)16(21)12-8-13(17)14(18)9-15(12)22-3;;/h8-9,11H,4-7,10,18H2,1-3H3;2*1H. The summed E-state index contributed by atoms with van der Waals surface area (Å²) >= 11 is 6.05. The average Bonchev–Trinajstić information content (AvgIpc) is 2.95. The monoisotopic (exact) mass is 397 g/mol. The zero-order valence-corrected chi connectivity index (χ0v) is 16.6. The quantitative estimate of drug-likeness (QED) is 0.773. The average molecular weight is 399 g/mol. The molecule has 2 rings (SSSR count). The predicted octanol–water partition coefficient (Wildman–Crippen LogP) is 3.33. The number of likely N-dealkylation sites (N-methyl/N-ethyl adjacent to an activating group) is 2. The number of nitrogen functional groups attached to an aromatic ring is 1. The van der Waals surface area contributed by atoms with Crippen molar-refractivity contribution < 1.29 is 9.53 Å². The third kappa shape index (κ3) is 5.06. The highest BCUT2D eigenvalue weighted by atomic mass is 35.5. The van der Waals surface area contributed by atoms with Crippen molar-refractivity contribution in [3.8, 4) is 5.75 Å². The highest BCUT2D eigenvalue weighted by molar-refractivity contribution is 6.33. The Kier molecular flexibility index (Phi) is 9.81. The fraction of sp³-hybridized carbons (Fsp3) is 0.562. The van der Waals surface area contributed by atoms with Gasteiger partial charge in [-0.1, -0.05) is 18.5 Å². The van der Waals surface area contributed by atoms with Gasteiger partial charge in [-0.15, -0.1) is 24.8 Å². The van der Waals surface area contributed by atoms with Gasteiger partial charge in [0.1, 0.15) is 5.75 Å². The first-order chi connectivity index (χ1) is 10.5. The van der Waals surface area contributed by atoms with E-state index in [0.717, 1.165) is 19.5 Å². The van der Waals surface area contributed by atoms with Crippen molar-refractivity contribution in [1.82, 2.24) is 9.80 Å². The Morgan fingerprint density at radius 2 is 2.12 bits per heavy atom. The highest BCUT2D eigenvalue weighted by Crippen LogP contribution is 2.30. The topological polar surface area (TPSA) is 58.8 Å². The molecule has 1 atom stereocenters.